The Morgan fingerprint density at radius 1 is 0.912 bits per heavy atom. The molecule has 0 saturated heterocycles. The van der Waals surface area contributed by atoms with E-state index in [0.717, 1.165) is 33.3 Å². The van der Waals surface area contributed by atoms with E-state index < -0.39 is 0 Å². The SMILES string of the molecule is Cc1c[n+](C)c(-c2c(C)ccc3c2oc2nc4c(cc23)-c2ccccc2C4(C)C)cc1C(C)C. The van der Waals surface area contributed by atoms with Crippen molar-refractivity contribution >= 4 is 22.1 Å². The molecule has 0 spiro atoms. The Labute approximate surface area is 201 Å². The van der Waals surface area contributed by atoms with E-state index in [9.17, 15) is 0 Å². The van der Waals surface area contributed by atoms with Crippen molar-refractivity contribution in [3.05, 3.63) is 82.7 Å². The molecule has 0 amide bonds. The fourth-order valence-electron chi connectivity index (χ4n) is 5.92. The first kappa shape index (κ1) is 21.1. The predicted octanol–water partition coefficient (Wildman–Crippen LogP) is 7.52. The number of hydrogen-bond acceptors (Lipinski definition) is 2. The van der Waals surface area contributed by atoms with Crippen molar-refractivity contribution in [1.29, 1.82) is 0 Å². The first-order chi connectivity index (χ1) is 16.2. The molecule has 3 heterocycles. The molecule has 3 aromatic heterocycles. The van der Waals surface area contributed by atoms with Crippen LogP contribution in [0, 0.1) is 13.8 Å². The lowest BCUT2D eigenvalue weighted by Gasteiger charge is -2.19. The molecule has 0 radical (unpaired) electrons. The van der Waals surface area contributed by atoms with Gasteiger partial charge in [-0.05, 0) is 48.1 Å². The number of pyridine rings is 2. The molecule has 1 aliphatic rings. The van der Waals surface area contributed by atoms with Crippen molar-refractivity contribution < 1.29 is 8.98 Å². The Bertz CT molecular complexity index is 1640. The third-order valence-corrected chi connectivity index (χ3v) is 7.72. The minimum atomic E-state index is -0.145. The second kappa shape index (κ2) is 7.02. The van der Waals surface area contributed by atoms with E-state index in [0.29, 0.717) is 5.92 Å². The van der Waals surface area contributed by atoms with Crippen LogP contribution in [0.15, 0.2) is 59.1 Å². The van der Waals surface area contributed by atoms with Crippen molar-refractivity contribution in [3.63, 3.8) is 0 Å². The molecule has 5 aromatic rings. The van der Waals surface area contributed by atoms with Crippen LogP contribution in [0.3, 0.4) is 0 Å². The standard InChI is InChI=1S/C31H31N2O/c1-17(2)22-15-26(33(7)16-19(22)4)27-18(3)12-13-21-24-14-23-20-10-8-9-11-25(20)31(5,6)29(23)32-30(24)34-28(21)27/h8-17H,1-7H3/q+1. The maximum absolute atomic E-state index is 6.60. The van der Waals surface area contributed by atoms with E-state index in [2.05, 4.69) is 108 Å². The highest BCUT2D eigenvalue weighted by atomic mass is 16.3. The summed E-state index contributed by atoms with van der Waals surface area (Å²) in [4.78, 5) is 5.13. The zero-order valence-electron chi connectivity index (χ0n) is 21.1. The molecular weight excluding hydrogens is 416 g/mol. The predicted molar refractivity (Wildman–Crippen MR) is 139 cm³/mol. The van der Waals surface area contributed by atoms with Gasteiger partial charge in [0.1, 0.15) is 7.05 Å². The van der Waals surface area contributed by atoms with Gasteiger partial charge in [-0.25, -0.2) is 9.55 Å². The molecule has 2 aromatic carbocycles. The second-order valence-corrected chi connectivity index (χ2v) is 10.7. The number of hydrogen-bond donors (Lipinski definition) is 0. The molecule has 0 N–H and O–H groups in total. The minimum Gasteiger partial charge on any atom is -0.437 e. The smallest absolute Gasteiger partial charge is 0.227 e. The van der Waals surface area contributed by atoms with Gasteiger partial charge in [0.25, 0.3) is 0 Å². The maximum Gasteiger partial charge on any atom is 0.227 e. The molecule has 170 valence electrons. The first-order valence-corrected chi connectivity index (χ1v) is 12.2. The molecular formula is C31H31N2O+. The normalized spacial score (nSPS) is 14.2. The molecule has 1 aliphatic carbocycles. The Morgan fingerprint density at radius 3 is 2.44 bits per heavy atom. The van der Waals surface area contributed by atoms with Crippen molar-refractivity contribution in [3.8, 4) is 22.4 Å². The van der Waals surface area contributed by atoms with Crippen LogP contribution in [0.4, 0.5) is 0 Å². The monoisotopic (exact) mass is 447 g/mol. The molecule has 0 bridgehead atoms. The average Bonchev–Trinajstić information content (AvgIpc) is 3.26. The lowest BCUT2D eigenvalue weighted by molar-refractivity contribution is -0.660. The Hall–Kier alpha value is -3.46. The van der Waals surface area contributed by atoms with E-state index >= 15 is 0 Å². The van der Waals surface area contributed by atoms with Gasteiger partial charge in [-0.1, -0.05) is 64.1 Å². The highest BCUT2D eigenvalue weighted by Crippen LogP contribution is 2.49. The number of aryl methyl sites for hydroxylation is 3. The Morgan fingerprint density at radius 2 is 1.68 bits per heavy atom. The van der Waals surface area contributed by atoms with Crippen LogP contribution in [0.1, 0.15) is 61.6 Å². The van der Waals surface area contributed by atoms with E-state index in [1.54, 1.807) is 0 Å². The van der Waals surface area contributed by atoms with Gasteiger partial charge in [0.15, 0.2) is 11.8 Å². The number of fused-ring (bicyclic) bond motifs is 6. The molecule has 6 rings (SSSR count). The maximum atomic E-state index is 6.60. The molecule has 34 heavy (non-hydrogen) atoms. The van der Waals surface area contributed by atoms with Crippen LogP contribution in [0.2, 0.25) is 0 Å². The highest BCUT2D eigenvalue weighted by molar-refractivity contribution is 6.10. The summed E-state index contributed by atoms with van der Waals surface area (Å²) in [7, 11) is 2.12. The lowest BCUT2D eigenvalue weighted by Crippen LogP contribution is -2.32. The van der Waals surface area contributed by atoms with Gasteiger partial charge in [0.05, 0.1) is 11.3 Å². The molecule has 3 nitrogen and oxygen atoms in total. The van der Waals surface area contributed by atoms with Crippen LogP contribution in [-0.2, 0) is 12.5 Å². The molecule has 0 atom stereocenters. The van der Waals surface area contributed by atoms with Crippen molar-refractivity contribution in [2.45, 2.75) is 52.9 Å². The van der Waals surface area contributed by atoms with Crippen LogP contribution >= 0.6 is 0 Å². The molecule has 0 unspecified atom stereocenters. The van der Waals surface area contributed by atoms with Gasteiger partial charge in [-0.15, -0.1) is 0 Å². The lowest BCUT2D eigenvalue weighted by atomic mass is 9.85. The number of benzene rings is 2. The van der Waals surface area contributed by atoms with Gasteiger partial charge in [-0.3, -0.25) is 0 Å². The third-order valence-electron chi connectivity index (χ3n) is 7.72. The van der Waals surface area contributed by atoms with E-state index in [1.807, 2.05) is 0 Å². The van der Waals surface area contributed by atoms with Crippen molar-refractivity contribution in [2.24, 2.45) is 7.05 Å². The number of rotatable bonds is 2. The van der Waals surface area contributed by atoms with Gasteiger partial charge in [-0.2, -0.15) is 0 Å². The first-order valence-electron chi connectivity index (χ1n) is 12.2. The zero-order chi connectivity index (χ0) is 23.9. The fraction of sp³-hybridized carbons (Fsp3) is 0.290. The summed E-state index contributed by atoms with van der Waals surface area (Å²) >= 11 is 0. The second-order valence-electron chi connectivity index (χ2n) is 10.7. The summed E-state index contributed by atoms with van der Waals surface area (Å²) in [6.07, 6.45) is 2.23. The van der Waals surface area contributed by atoms with E-state index in [-0.39, 0.29) is 5.41 Å². The summed E-state index contributed by atoms with van der Waals surface area (Å²) in [5, 5.41) is 2.21. The van der Waals surface area contributed by atoms with E-state index in [4.69, 9.17) is 9.40 Å². The quantitative estimate of drug-likeness (QED) is 0.262. The molecule has 3 heteroatoms. The average molecular weight is 448 g/mol. The van der Waals surface area contributed by atoms with E-state index in [1.165, 1.54) is 39.1 Å². The van der Waals surface area contributed by atoms with Gasteiger partial charge < -0.3 is 4.42 Å². The van der Waals surface area contributed by atoms with Crippen LogP contribution < -0.4 is 4.57 Å². The number of aromatic nitrogens is 2. The molecule has 0 fully saturated rings. The summed E-state index contributed by atoms with van der Waals surface area (Å²) < 4.78 is 8.82. The third kappa shape index (κ3) is 2.76. The van der Waals surface area contributed by atoms with Gasteiger partial charge >= 0.3 is 0 Å². The number of nitrogens with zero attached hydrogens (tertiary/aromatic N) is 2. The minimum absolute atomic E-state index is 0.145. The largest absolute Gasteiger partial charge is 0.437 e. The summed E-state index contributed by atoms with van der Waals surface area (Å²) in [6, 6.07) is 17.7. The molecule has 0 aliphatic heterocycles. The topological polar surface area (TPSA) is 29.9 Å². The van der Waals surface area contributed by atoms with Crippen LogP contribution in [0.25, 0.3) is 44.5 Å². The number of furan rings is 1. The summed E-state index contributed by atoms with van der Waals surface area (Å²) in [5.41, 5.74) is 12.7. The Kier molecular flexibility index (Phi) is 4.36. The van der Waals surface area contributed by atoms with Crippen LogP contribution in [-0.4, -0.2) is 4.98 Å². The van der Waals surface area contributed by atoms with Gasteiger partial charge in [0.2, 0.25) is 11.4 Å². The Balaban J connectivity index is 1.67. The van der Waals surface area contributed by atoms with Crippen LogP contribution in [0.5, 0.6) is 0 Å². The summed E-state index contributed by atoms with van der Waals surface area (Å²) in [5.74, 6) is 0.460. The summed E-state index contributed by atoms with van der Waals surface area (Å²) in [6.45, 7) is 13.4. The van der Waals surface area contributed by atoms with Gasteiger partial charge in [0, 0.05) is 33.4 Å². The van der Waals surface area contributed by atoms with Crippen molar-refractivity contribution in [2.75, 3.05) is 0 Å². The zero-order valence-corrected chi connectivity index (χ0v) is 21.1. The van der Waals surface area contributed by atoms with Crippen molar-refractivity contribution in [1.82, 2.24) is 4.98 Å². The highest BCUT2D eigenvalue weighted by Gasteiger charge is 2.37. The fourth-order valence-corrected chi connectivity index (χ4v) is 5.92. The molecule has 0 saturated carbocycles.